The maximum atomic E-state index is 15.1. The highest BCUT2D eigenvalue weighted by molar-refractivity contribution is 7.91. The van der Waals surface area contributed by atoms with Crippen LogP contribution in [0.4, 0.5) is 4.79 Å². The van der Waals surface area contributed by atoms with Crippen molar-refractivity contribution in [3.63, 3.8) is 0 Å². The first-order chi connectivity index (χ1) is 29.0. The van der Waals surface area contributed by atoms with Crippen molar-refractivity contribution in [2.45, 2.75) is 119 Å². The molecule has 2 aliphatic heterocycles. The molecule has 5 aliphatic rings. The first-order valence-electron chi connectivity index (χ1n) is 21.0. The van der Waals surface area contributed by atoms with Crippen LogP contribution in [0, 0.1) is 11.8 Å². The molecule has 6 atom stereocenters. The van der Waals surface area contributed by atoms with Crippen LogP contribution in [0.15, 0.2) is 43.1 Å². The summed E-state index contributed by atoms with van der Waals surface area (Å²) in [6.07, 6.45) is 9.81. The number of ether oxygens (including phenoxy) is 4. The van der Waals surface area contributed by atoms with Gasteiger partial charge in [0.2, 0.25) is 33.6 Å². The Morgan fingerprint density at radius 3 is 2.52 bits per heavy atom. The minimum Gasteiger partial charge on any atom is -0.496 e. The van der Waals surface area contributed by atoms with Gasteiger partial charge in [0.05, 0.1) is 32.1 Å². The number of methoxy groups -OCH3 is 1. The third-order valence-corrected chi connectivity index (χ3v) is 13.8. The first-order valence-corrected chi connectivity index (χ1v) is 22.5. The highest BCUT2D eigenvalue weighted by Gasteiger charge is 2.62. The van der Waals surface area contributed by atoms with Gasteiger partial charge in [-0.1, -0.05) is 37.5 Å². The Morgan fingerprint density at radius 2 is 1.85 bits per heavy atom. The lowest BCUT2D eigenvalue weighted by molar-refractivity contribution is -0.144. The summed E-state index contributed by atoms with van der Waals surface area (Å²) in [7, 11) is -2.39. The van der Waals surface area contributed by atoms with Gasteiger partial charge in [-0.25, -0.2) is 18.2 Å². The summed E-state index contributed by atoms with van der Waals surface area (Å²) in [5.41, 5.74) is -1.79. The number of hydrogen-bond donors (Lipinski definition) is 4. The lowest BCUT2D eigenvalue weighted by Gasteiger charge is -2.35. The van der Waals surface area contributed by atoms with Crippen molar-refractivity contribution < 1.29 is 51.3 Å². The Bertz CT molecular complexity index is 2200. The van der Waals surface area contributed by atoms with Gasteiger partial charge in [0, 0.05) is 29.5 Å². The van der Waals surface area contributed by atoms with Crippen molar-refractivity contribution in [1.29, 1.82) is 0 Å². The summed E-state index contributed by atoms with van der Waals surface area (Å²) in [5.74, 6) is -2.83. The van der Waals surface area contributed by atoms with Crippen molar-refractivity contribution in [2.75, 3.05) is 26.9 Å². The largest absolute Gasteiger partial charge is 0.496 e. The zero-order chi connectivity index (χ0) is 43.7. The fourth-order valence-corrected chi connectivity index (χ4v) is 9.85. The number of nitrogens with one attached hydrogen (secondary N) is 4. The van der Waals surface area contributed by atoms with Crippen LogP contribution in [-0.2, 0) is 38.7 Å². The first kappa shape index (κ1) is 43.8. The van der Waals surface area contributed by atoms with E-state index in [2.05, 4.69) is 32.2 Å². The molecule has 7 rings (SSSR count). The van der Waals surface area contributed by atoms with Crippen LogP contribution in [0.25, 0.3) is 16.8 Å². The lowest BCUT2D eigenvalue weighted by Crippen LogP contribution is -2.61. The zero-order valence-corrected chi connectivity index (χ0v) is 35.9. The predicted molar refractivity (Wildman–Crippen MR) is 224 cm³/mol. The van der Waals surface area contributed by atoms with E-state index in [0.29, 0.717) is 42.4 Å². The number of carbonyl (C=O) groups excluding carboxylic acids is 5. The number of carbonyl (C=O) groups is 5. The minimum absolute atomic E-state index is 0.0165. The molecule has 4 fully saturated rings. The van der Waals surface area contributed by atoms with Crippen molar-refractivity contribution >= 4 is 56.6 Å². The van der Waals surface area contributed by atoms with Crippen LogP contribution in [-0.4, -0.2) is 116 Å². The molecule has 5 amide bonds. The molecular weight excluding hydrogens is 809 g/mol. The van der Waals surface area contributed by atoms with Crippen molar-refractivity contribution in [2.24, 2.45) is 11.8 Å². The lowest BCUT2D eigenvalue weighted by atomic mass is 9.83. The highest BCUT2D eigenvalue weighted by Crippen LogP contribution is 2.46. The number of hydrogen-bond acceptors (Lipinski definition) is 12. The second-order valence-electron chi connectivity index (χ2n) is 17.6. The molecule has 1 saturated heterocycles. The second-order valence-corrected chi connectivity index (χ2v) is 19.6. The summed E-state index contributed by atoms with van der Waals surface area (Å²) in [5, 5.41) is 9.10. The molecule has 1 aromatic heterocycles. The Balaban J connectivity index is 1.26. The number of aromatic nitrogens is 1. The summed E-state index contributed by atoms with van der Waals surface area (Å²) >= 11 is 0. The van der Waals surface area contributed by atoms with Crippen molar-refractivity contribution in [3.8, 4) is 11.6 Å². The minimum atomic E-state index is -3.94. The number of sulfonamides is 1. The maximum Gasteiger partial charge on any atom is 0.408 e. The third kappa shape index (κ3) is 9.96. The number of nitrogens with zero attached hydrogens (tertiary/aromatic N) is 2. The molecule has 61 heavy (non-hydrogen) atoms. The SMILES string of the molecule is C=C[C@@H]1C[C@]1(NC(=O)[C@@H]1C[C@@H]2CN1C(=O)[C@H](C1CCCCC1)NC(=O)[C@@H](NC(=O)OC(C)(C)C)COC/C=C\c1cc3c(nccc3cc1OC)O2)C(=O)NS(=O)(=O)C1CC1. The molecule has 18 heteroatoms. The molecule has 4 bridgehead atoms. The van der Waals surface area contributed by atoms with Gasteiger partial charge in [-0.3, -0.25) is 23.9 Å². The molecule has 1 aromatic carbocycles. The summed E-state index contributed by atoms with van der Waals surface area (Å²) in [4.78, 5) is 76.6. The van der Waals surface area contributed by atoms with Crippen molar-refractivity contribution in [1.82, 2.24) is 30.6 Å². The monoisotopic (exact) mass is 864 g/mol. The number of pyridine rings is 1. The van der Waals surface area contributed by atoms with Crippen LogP contribution in [0.5, 0.6) is 11.6 Å². The summed E-state index contributed by atoms with van der Waals surface area (Å²) < 4.78 is 51.5. The van der Waals surface area contributed by atoms with Crippen LogP contribution >= 0.6 is 0 Å². The van der Waals surface area contributed by atoms with E-state index in [4.69, 9.17) is 18.9 Å². The van der Waals surface area contributed by atoms with Gasteiger partial charge in [0.15, 0.2) is 0 Å². The molecule has 3 saturated carbocycles. The van der Waals surface area contributed by atoms with Gasteiger partial charge in [0.1, 0.15) is 41.1 Å². The molecule has 4 N–H and O–H groups in total. The van der Waals surface area contributed by atoms with Gasteiger partial charge < -0.3 is 39.8 Å². The topological polar surface area (TPSA) is 221 Å². The van der Waals surface area contributed by atoms with Crippen molar-refractivity contribution in [3.05, 3.63) is 48.7 Å². The fourth-order valence-electron chi connectivity index (χ4n) is 8.49. The van der Waals surface area contributed by atoms with Gasteiger partial charge in [-0.05, 0) is 82.4 Å². The normalized spacial score (nSPS) is 28.1. The van der Waals surface area contributed by atoms with E-state index in [1.807, 2.05) is 18.2 Å². The summed E-state index contributed by atoms with van der Waals surface area (Å²) in [6.45, 7) is 8.59. The number of rotatable bonds is 9. The Labute approximate surface area is 355 Å². The van der Waals surface area contributed by atoms with Crippen LogP contribution in [0.3, 0.4) is 0 Å². The molecule has 2 aromatic rings. The predicted octanol–water partition coefficient (Wildman–Crippen LogP) is 3.26. The number of amides is 5. The van der Waals surface area contributed by atoms with Crippen LogP contribution in [0.2, 0.25) is 0 Å². The van der Waals surface area contributed by atoms with E-state index in [0.717, 1.165) is 24.6 Å². The molecular formula is C43H56N6O11S. The number of benzene rings is 1. The smallest absolute Gasteiger partial charge is 0.408 e. The van der Waals surface area contributed by atoms with Crippen LogP contribution in [0.1, 0.15) is 84.1 Å². The third-order valence-electron chi connectivity index (χ3n) is 11.9. The number of fused-ring (bicyclic) bond motifs is 3. The Kier molecular flexibility index (Phi) is 12.7. The van der Waals surface area contributed by atoms with E-state index < -0.39 is 86.3 Å². The molecule has 0 unspecified atom stereocenters. The number of alkyl carbamates (subject to hydrolysis) is 1. The molecule has 17 nitrogen and oxygen atoms in total. The van der Waals surface area contributed by atoms with Gasteiger partial charge >= 0.3 is 6.09 Å². The summed E-state index contributed by atoms with van der Waals surface area (Å²) in [6, 6.07) is 1.90. The van der Waals surface area contributed by atoms with Crippen LogP contribution < -0.4 is 30.1 Å². The average Bonchev–Trinajstić information content (AvgIpc) is 4.15. The second kappa shape index (κ2) is 17.6. The van der Waals surface area contributed by atoms with E-state index in [-0.39, 0.29) is 44.4 Å². The van der Waals surface area contributed by atoms with E-state index >= 15 is 4.79 Å². The standard InChI is InChI=1S/C43H56N6O11S/c1-6-28-22-43(28,40(53)48-61(55,56)30-14-15-30)47-37(51)33-21-29-23-49(33)39(52)35(25-11-8-7-9-12-25)46-36(50)32(45-41(54)60-42(2,3)4)24-58-18-10-13-27-19-31-26(20-34(27)57-5)16-17-44-38(31)59-29/h6,10,13,16-17,19-20,25,28-30,32-33,35H,1,7-9,11-12,14-15,18,21-24H2,2-5H3,(H,45,54)(H,46,50)(H,47,51)(H,48,53)/b13-10-/t28-,29-,32+,33+,35+,43-/m1/s1. The molecule has 3 aliphatic carbocycles. The highest BCUT2D eigenvalue weighted by atomic mass is 32.2. The zero-order valence-electron chi connectivity index (χ0n) is 35.1. The quantitative estimate of drug-likeness (QED) is 0.267. The average molecular weight is 865 g/mol. The Hall–Kier alpha value is -5.23. The maximum absolute atomic E-state index is 15.1. The van der Waals surface area contributed by atoms with Gasteiger partial charge in [0.25, 0.3) is 5.91 Å². The van der Waals surface area contributed by atoms with E-state index in [1.165, 1.54) is 11.0 Å². The Morgan fingerprint density at radius 1 is 1.10 bits per heavy atom. The van der Waals surface area contributed by atoms with E-state index in [9.17, 15) is 27.6 Å². The molecule has 3 heterocycles. The van der Waals surface area contributed by atoms with E-state index in [1.54, 1.807) is 46.2 Å². The van der Waals surface area contributed by atoms with Gasteiger partial charge in [-0.15, -0.1) is 6.58 Å². The molecule has 0 radical (unpaired) electrons. The van der Waals surface area contributed by atoms with Gasteiger partial charge in [-0.2, -0.15) is 0 Å². The molecule has 0 spiro atoms. The molecule has 330 valence electrons. The fraction of sp³-hybridized carbons (Fsp3) is 0.581.